The number of ether oxygens (including phenoxy) is 1. The van der Waals surface area contributed by atoms with Crippen molar-refractivity contribution < 1.29 is 9.53 Å². The van der Waals surface area contributed by atoms with Gasteiger partial charge in [-0.25, -0.2) is 4.68 Å². The molecule has 1 aromatic heterocycles. The zero-order valence-electron chi connectivity index (χ0n) is 15.4. The van der Waals surface area contributed by atoms with E-state index in [2.05, 4.69) is 10.3 Å². The van der Waals surface area contributed by atoms with Crippen LogP contribution < -0.4 is 10.5 Å². The Morgan fingerprint density at radius 3 is 2.54 bits per heavy atom. The van der Waals surface area contributed by atoms with Crippen molar-refractivity contribution in [1.29, 1.82) is 0 Å². The van der Waals surface area contributed by atoms with Gasteiger partial charge >= 0.3 is 0 Å². The molecule has 140 valence electrons. The number of rotatable bonds is 6. The molecular formula is C19H27N5O2. The first-order valence-electron chi connectivity index (χ1n) is 9.19. The minimum Gasteiger partial charge on any atom is -0.480 e. The topological polar surface area (TPSA) is 86.3 Å². The van der Waals surface area contributed by atoms with Gasteiger partial charge in [-0.2, -0.15) is 0 Å². The molecule has 2 heterocycles. The van der Waals surface area contributed by atoms with Crippen LogP contribution in [0.1, 0.15) is 38.4 Å². The summed E-state index contributed by atoms with van der Waals surface area (Å²) < 4.78 is 7.87. The number of carbonyl (C=O) groups excluding carboxylic acids is 1. The fourth-order valence-corrected chi connectivity index (χ4v) is 3.23. The summed E-state index contributed by atoms with van der Waals surface area (Å²) >= 11 is 0. The third-order valence-electron chi connectivity index (χ3n) is 4.77. The number of nitrogens with zero attached hydrogens (tertiary/aromatic N) is 4. The van der Waals surface area contributed by atoms with Crippen molar-refractivity contribution in [2.45, 2.75) is 45.4 Å². The Labute approximate surface area is 154 Å². The van der Waals surface area contributed by atoms with Crippen molar-refractivity contribution in [3.63, 3.8) is 0 Å². The second-order valence-corrected chi connectivity index (χ2v) is 7.05. The van der Waals surface area contributed by atoms with E-state index in [0.717, 1.165) is 24.3 Å². The third kappa shape index (κ3) is 4.22. The molecule has 0 unspecified atom stereocenters. The molecule has 7 heteroatoms. The van der Waals surface area contributed by atoms with E-state index in [1.165, 1.54) is 0 Å². The van der Waals surface area contributed by atoms with Gasteiger partial charge in [0.05, 0.1) is 17.9 Å². The maximum atomic E-state index is 13.0. The Kier molecular flexibility index (Phi) is 5.88. The Balaban J connectivity index is 1.60. The average molecular weight is 357 g/mol. The van der Waals surface area contributed by atoms with E-state index in [1.54, 1.807) is 0 Å². The molecular weight excluding hydrogens is 330 g/mol. The minimum absolute atomic E-state index is 0.0588. The van der Waals surface area contributed by atoms with E-state index in [9.17, 15) is 4.79 Å². The van der Waals surface area contributed by atoms with Crippen molar-refractivity contribution in [2.24, 2.45) is 11.7 Å². The molecule has 26 heavy (non-hydrogen) atoms. The van der Waals surface area contributed by atoms with Gasteiger partial charge in [-0.1, -0.05) is 37.3 Å². The zero-order chi connectivity index (χ0) is 18.5. The molecule has 1 fully saturated rings. The highest BCUT2D eigenvalue weighted by Gasteiger charge is 2.32. The van der Waals surface area contributed by atoms with Gasteiger partial charge in [0.1, 0.15) is 5.75 Å². The summed E-state index contributed by atoms with van der Waals surface area (Å²) in [5, 5.41) is 8.21. The Bertz CT molecular complexity index is 708. The maximum Gasteiger partial charge on any atom is 0.263 e. The highest BCUT2D eigenvalue weighted by molar-refractivity contribution is 5.81. The number of benzene rings is 1. The zero-order valence-corrected chi connectivity index (χ0v) is 15.4. The number of piperidine rings is 1. The fourth-order valence-electron chi connectivity index (χ4n) is 3.23. The summed E-state index contributed by atoms with van der Waals surface area (Å²) in [5.41, 5.74) is 6.39. The van der Waals surface area contributed by atoms with Gasteiger partial charge in [0.15, 0.2) is 6.10 Å². The molecule has 0 aliphatic carbocycles. The molecule has 1 aliphatic rings. The van der Waals surface area contributed by atoms with Gasteiger partial charge in [-0.05, 0) is 30.9 Å². The highest BCUT2D eigenvalue weighted by Crippen LogP contribution is 2.24. The molecule has 1 aromatic carbocycles. The van der Waals surface area contributed by atoms with Crippen LogP contribution in [0.4, 0.5) is 0 Å². The van der Waals surface area contributed by atoms with Gasteiger partial charge in [0, 0.05) is 19.6 Å². The van der Waals surface area contributed by atoms with Crippen LogP contribution in [-0.2, 0) is 11.3 Å². The van der Waals surface area contributed by atoms with Gasteiger partial charge in [-0.3, -0.25) is 4.79 Å². The smallest absolute Gasteiger partial charge is 0.263 e. The summed E-state index contributed by atoms with van der Waals surface area (Å²) in [6.45, 7) is 5.82. The summed E-state index contributed by atoms with van der Waals surface area (Å²) in [6.07, 6.45) is 3.14. The number of hydrogen-bond donors (Lipinski definition) is 1. The van der Waals surface area contributed by atoms with Crippen molar-refractivity contribution in [3.05, 3.63) is 42.2 Å². The van der Waals surface area contributed by atoms with Crippen LogP contribution >= 0.6 is 0 Å². The summed E-state index contributed by atoms with van der Waals surface area (Å²) in [4.78, 5) is 14.9. The molecule has 2 aromatic rings. The van der Waals surface area contributed by atoms with Gasteiger partial charge in [0.25, 0.3) is 5.91 Å². The Hall–Kier alpha value is -2.41. The number of amides is 1. The Morgan fingerprint density at radius 1 is 1.27 bits per heavy atom. The molecule has 0 spiro atoms. The van der Waals surface area contributed by atoms with Crippen LogP contribution in [0.3, 0.4) is 0 Å². The maximum absolute atomic E-state index is 13.0. The predicted octanol–water partition coefficient (Wildman–Crippen LogP) is 2.00. The summed E-state index contributed by atoms with van der Waals surface area (Å²) in [5.74, 6) is 0.887. The molecule has 7 nitrogen and oxygen atoms in total. The lowest BCUT2D eigenvalue weighted by atomic mass is 10.0. The molecule has 1 aliphatic heterocycles. The van der Waals surface area contributed by atoms with Crippen LogP contribution in [-0.4, -0.2) is 45.0 Å². The van der Waals surface area contributed by atoms with Crippen LogP contribution in [0, 0.1) is 5.92 Å². The molecule has 0 bridgehead atoms. The van der Waals surface area contributed by atoms with Gasteiger partial charge in [-0.15, -0.1) is 5.10 Å². The van der Waals surface area contributed by atoms with E-state index in [1.807, 2.05) is 60.0 Å². The van der Waals surface area contributed by atoms with Crippen molar-refractivity contribution in [3.8, 4) is 5.75 Å². The SMILES string of the molecule is CC(C)[C@@H](Oc1ccccc1)C(=O)N1CCC(n2cc(CN)nn2)CC1. The normalized spacial score (nSPS) is 16.7. The van der Waals surface area contributed by atoms with Crippen molar-refractivity contribution in [2.75, 3.05) is 13.1 Å². The lowest BCUT2D eigenvalue weighted by Gasteiger charge is -2.35. The highest BCUT2D eigenvalue weighted by atomic mass is 16.5. The number of hydrogen-bond acceptors (Lipinski definition) is 5. The fraction of sp³-hybridized carbons (Fsp3) is 0.526. The van der Waals surface area contributed by atoms with E-state index in [4.69, 9.17) is 10.5 Å². The first-order chi connectivity index (χ1) is 12.6. The Morgan fingerprint density at radius 2 is 1.96 bits per heavy atom. The first-order valence-corrected chi connectivity index (χ1v) is 9.19. The average Bonchev–Trinajstić information content (AvgIpc) is 3.15. The molecule has 0 saturated carbocycles. The monoisotopic (exact) mass is 357 g/mol. The first kappa shape index (κ1) is 18.4. The molecule has 1 amide bonds. The largest absolute Gasteiger partial charge is 0.480 e. The van der Waals surface area contributed by atoms with Crippen LogP contribution in [0.5, 0.6) is 5.75 Å². The lowest BCUT2D eigenvalue weighted by molar-refractivity contribution is -0.142. The quantitative estimate of drug-likeness (QED) is 0.854. The standard InChI is InChI=1S/C19H27N5O2/c1-14(2)18(26-17-6-4-3-5-7-17)19(25)23-10-8-16(9-11-23)24-13-15(12-20)21-22-24/h3-7,13-14,16,18H,8-12,20H2,1-2H3/t18-/m1/s1. The lowest BCUT2D eigenvalue weighted by Crippen LogP contribution is -2.48. The van der Waals surface area contributed by atoms with Crippen molar-refractivity contribution >= 4 is 5.91 Å². The van der Waals surface area contributed by atoms with Crippen LogP contribution in [0.15, 0.2) is 36.5 Å². The van der Waals surface area contributed by atoms with E-state index in [-0.39, 0.29) is 17.9 Å². The number of nitrogens with two attached hydrogens (primary N) is 1. The van der Waals surface area contributed by atoms with Crippen LogP contribution in [0.25, 0.3) is 0 Å². The number of likely N-dealkylation sites (tertiary alicyclic amines) is 1. The molecule has 1 atom stereocenters. The second kappa shape index (κ2) is 8.31. The molecule has 3 rings (SSSR count). The van der Waals surface area contributed by atoms with Crippen LogP contribution in [0.2, 0.25) is 0 Å². The summed E-state index contributed by atoms with van der Waals surface area (Å²) in [7, 11) is 0. The molecule has 0 radical (unpaired) electrons. The summed E-state index contributed by atoms with van der Waals surface area (Å²) in [6, 6.07) is 9.79. The van der Waals surface area contributed by atoms with Gasteiger partial charge in [0.2, 0.25) is 0 Å². The molecule has 1 saturated heterocycles. The third-order valence-corrected chi connectivity index (χ3v) is 4.77. The van der Waals surface area contributed by atoms with E-state index >= 15 is 0 Å². The predicted molar refractivity (Wildman–Crippen MR) is 98.5 cm³/mol. The van der Waals surface area contributed by atoms with E-state index < -0.39 is 6.10 Å². The van der Waals surface area contributed by atoms with E-state index in [0.29, 0.717) is 19.6 Å². The van der Waals surface area contributed by atoms with Gasteiger partial charge < -0.3 is 15.4 Å². The number of para-hydroxylation sites is 1. The minimum atomic E-state index is -0.468. The second-order valence-electron chi connectivity index (χ2n) is 7.05. The molecule has 2 N–H and O–H groups in total. The number of aromatic nitrogens is 3. The number of carbonyl (C=O) groups is 1. The van der Waals surface area contributed by atoms with Crippen molar-refractivity contribution in [1.82, 2.24) is 19.9 Å².